The number of carbonyl (C=O) groups excluding carboxylic acids is 1. The molecule has 7 heteroatoms. The van der Waals surface area contributed by atoms with Gasteiger partial charge in [0.2, 0.25) is 5.91 Å². The molecule has 1 amide bonds. The van der Waals surface area contributed by atoms with Gasteiger partial charge in [-0.05, 0) is 42.8 Å². The van der Waals surface area contributed by atoms with E-state index in [0.29, 0.717) is 19.6 Å². The van der Waals surface area contributed by atoms with Crippen LogP contribution in [0.5, 0.6) is 0 Å². The normalized spacial score (nSPS) is 21.3. The predicted octanol–water partition coefficient (Wildman–Crippen LogP) is 2.75. The maximum atomic E-state index is 12.6. The maximum Gasteiger partial charge on any atom is 0.248 e. The number of aromatic nitrogens is 2. The Bertz CT molecular complexity index is 735. The monoisotopic (exact) mass is 360 g/mol. The molecular formula is C18H24N4O2S. The van der Waals surface area contributed by atoms with Crippen LogP contribution in [0.4, 0.5) is 0 Å². The molecule has 2 aromatic rings. The van der Waals surface area contributed by atoms with Gasteiger partial charge in [0.25, 0.3) is 0 Å². The molecule has 1 fully saturated rings. The zero-order valence-electron chi connectivity index (χ0n) is 14.6. The van der Waals surface area contributed by atoms with Gasteiger partial charge < -0.3 is 0 Å². The Balaban J connectivity index is 1.47. The van der Waals surface area contributed by atoms with Crippen LogP contribution in [-0.4, -0.2) is 45.3 Å². The Kier molecular flexibility index (Phi) is 4.87. The number of hydroxylamine groups is 2. The highest BCUT2D eigenvalue weighted by Crippen LogP contribution is 2.27. The van der Waals surface area contributed by atoms with E-state index in [1.54, 1.807) is 16.4 Å². The summed E-state index contributed by atoms with van der Waals surface area (Å²) in [6.07, 6.45) is 4.33. The van der Waals surface area contributed by atoms with E-state index < -0.39 is 0 Å². The first-order valence-electron chi connectivity index (χ1n) is 8.91. The summed E-state index contributed by atoms with van der Waals surface area (Å²) in [5.74, 6) is 0.0697. The SMILES string of the molecule is Cc1ccsc1CN1Cc2ccnn2[C@H](CC(=O)N2CCCCO2)C1. The summed E-state index contributed by atoms with van der Waals surface area (Å²) in [5, 5.41) is 8.16. The van der Waals surface area contributed by atoms with Crippen LogP contribution in [0.15, 0.2) is 23.7 Å². The third-order valence-corrected chi connectivity index (χ3v) is 5.99. The molecular weight excluding hydrogens is 336 g/mol. The average molecular weight is 360 g/mol. The number of hydrogen-bond acceptors (Lipinski definition) is 5. The van der Waals surface area contributed by atoms with Gasteiger partial charge in [-0.25, -0.2) is 5.06 Å². The predicted molar refractivity (Wildman–Crippen MR) is 96.0 cm³/mol. The summed E-state index contributed by atoms with van der Waals surface area (Å²) >= 11 is 1.81. The Morgan fingerprint density at radius 2 is 2.32 bits per heavy atom. The largest absolute Gasteiger partial charge is 0.290 e. The number of hydrogen-bond donors (Lipinski definition) is 0. The van der Waals surface area contributed by atoms with E-state index in [1.165, 1.54) is 16.1 Å². The van der Waals surface area contributed by atoms with E-state index in [1.807, 2.05) is 10.9 Å². The lowest BCUT2D eigenvalue weighted by Crippen LogP contribution is -2.42. The van der Waals surface area contributed by atoms with Crippen molar-refractivity contribution in [2.45, 2.75) is 45.3 Å². The maximum absolute atomic E-state index is 12.6. The Morgan fingerprint density at radius 3 is 3.08 bits per heavy atom. The molecule has 1 saturated heterocycles. The topological polar surface area (TPSA) is 50.6 Å². The summed E-state index contributed by atoms with van der Waals surface area (Å²) < 4.78 is 2.03. The molecule has 0 saturated carbocycles. The molecule has 2 aromatic heterocycles. The molecule has 0 aliphatic carbocycles. The van der Waals surface area contributed by atoms with Crippen LogP contribution < -0.4 is 0 Å². The highest BCUT2D eigenvalue weighted by atomic mass is 32.1. The number of nitrogens with zero attached hydrogens (tertiary/aromatic N) is 4. The van der Waals surface area contributed by atoms with Gasteiger partial charge >= 0.3 is 0 Å². The smallest absolute Gasteiger partial charge is 0.248 e. The minimum Gasteiger partial charge on any atom is -0.290 e. The first-order chi connectivity index (χ1) is 12.2. The van der Waals surface area contributed by atoms with E-state index in [-0.39, 0.29) is 11.9 Å². The molecule has 0 radical (unpaired) electrons. The summed E-state index contributed by atoms with van der Waals surface area (Å²) in [6.45, 7) is 6.16. The molecule has 2 aliphatic rings. The van der Waals surface area contributed by atoms with Crippen LogP contribution >= 0.6 is 11.3 Å². The second-order valence-electron chi connectivity index (χ2n) is 6.86. The van der Waals surface area contributed by atoms with Gasteiger partial charge in [-0.3, -0.25) is 19.2 Å². The molecule has 4 rings (SSSR count). The number of amides is 1. The summed E-state index contributed by atoms with van der Waals surface area (Å²) in [4.78, 5) is 22.0. The van der Waals surface area contributed by atoms with Gasteiger partial charge in [0.15, 0.2) is 0 Å². The van der Waals surface area contributed by atoms with Crippen LogP contribution in [0.3, 0.4) is 0 Å². The fourth-order valence-corrected chi connectivity index (χ4v) is 4.55. The summed E-state index contributed by atoms with van der Waals surface area (Å²) in [5.41, 5.74) is 2.52. The molecule has 25 heavy (non-hydrogen) atoms. The fourth-order valence-electron chi connectivity index (χ4n) is 3.60. The van der Waals surface area contributed by atoms with Crippen LogP contribution in [-0.2, 0) is 22.7 Å². The molecule has 0 aromatic carbocycles. The minimum absolute atomic E-state index is 0.0667. The third-order valence-electron chi connectivity index (χ3n) is 4.98. The molecule has 6 nitrogen and oxygen atoms in total. The molecule has 0 unspecified atom stereocenters. The van der Waals surface area contributed by atoms with E-state index in [0.717, 1.165) is 32.5 Å². The van der Waals surface area contributed by atoms with Crippen molar-refractivity contribution in [1.82, 2.24) is 19.7 Å². The molecule has 0 N–H and O–H groups in total. The highest BCUT2D eigenvalue weighted by Gasteiger charge is 2.30. The number of aryl methyl sites for hydroxylation is 1. The first-order valence-corrected chi connectivity index (χ1v) is 9.79. The Labute approximate surface area is 151 Å². The standard InChI is InChI=1S/C18H24N4O2S/c1-14-5-9-25-17(14)13-20-11-15-4-6-19-22(15)16(12-20)10-18(23)21-7-2-3-8-24-21/h4-6,9,16H,2-3,7-8,10-13H2,1H3/t16-/m1/s1. The number of rotatable bonds is 4. The second-order valence-corrected chi connectivity index (χ2v) is 7.86. The average Bonchev–Trinajstić information content (AvgIpc) is 3.25. The van der Waals surface area contributed by atoms with E-state index >= 15 is 0 Å². The van der Waals surface area contributed by atoms with Crippen molar-refractivity contribution < 1.29 is 9.63 Å². The number of fused-ring (bicyclic) bond motifs is 1. The molecule has 0 bridgehead atoms. The van der Waals surface area contributed by atoms with E-state index in [9.17, 15) is 4.79 Å². The zero-order chi connectivity index (χ0) is 17.2. The second kappa shape index (κ2) is 7.27. The summed E-state index contributed by atoms with van der Waals surface area (Å²) in [6, 6.07) is 4.29. The van der Waals surface area contributed by atoms with Crippen molar-refractivity contribution in [2.75, 3.05) is 19.7 Å². The highest BCUT2D eigenvalue weighted by molar-refractivity contribution is 7.10. The van der Waals surface area contributed by atoms with E-state index in [4.69, 9.17) is 4.84 Å². The van der Waals surface area contributed by atoms with Crippen molar-refractivity contribution in [3.05, 3.63) is 39.8 Å². The van der Waals surface area contributed by atoms with Crippen molar-refractivity contribution in [2.24, 2.45) is 0 Å². The lowest BCUT2D eigenvalue weighted by molar-refractivity contribution is -0.198. The lowest BCUT2D eigenvalue weighted by atomic mass is 10.1. The first kappa shape index (κ1) is 16.8. The van der Waals surface area contributed by atoms with E-state index in [2.05, 4.69) is 34.4 Å². The molecule has 1 atom stereocenters. The Hall–Kier alpha value is -1.70. The van der Waals surface area contributed by atoms with Crippen LogP contribution in [0.2, 0.25) is 0 Å². The van der Waals surface area contributed by atoms with Crippen molar-refractivity contribution in [1.29, 1.82) is 0 Å². The minimum atomic E-state index is 0.0667. The van der Waals surface area contributed by atoms with Gasteiger partial charge in [-0.1, -0.05) is 0 Å². The molecule has 134 valence electrons. The quantitative estimate of drug-likeness (QED) is 0.841. The van der Waals surface area contributed by atoms with Crippen LogP contribution in [0.1, 0.15) is 41.4 Å². The zero-order valence-corrected chi connectivity index (χ0v) is 15.4. The van der Waals surface area contributed by atoms with Crippen molar-refractivity contribution >= 4 is 17.2 Å². The number of thiophene rings is 1. The Morgan fingerprint density at radius 1 is 1.40 bits per heavy atom. The van der Waals surface area contributed by atoms with Gasteiger partial charge in [0, 0.05) is 37.3 Å². The lowest BCUT2D eigenvalue weighted by Gasteiger charge is -2.35. The molecule has 4 heterocycles. The van der Waals surface area contributed by atoms with Gasteiger partial charge in [0.1, 0.15) is 0 Å². The number of carbonyl (C=O) groups is 1. The molecule has 0 spiro atoms. The van der Waals surface area contributed by atoms with Crippen LogP contribution in [0.25, 0.3) is 0 Å². The molecule has 2 aliphatic heterocycles. The summed E-state index contributed by atoms with van der Waals surface area (Å²) in [7, 11) is 0. The van der Waals surface area contributed by atoms with Crippen LogP contribution in [0, 0.1) is 6.92 Å². The van der Waals surface area contributed by atoms with Gasteiger partial charge in [-0.2, -0.15) is 5.10 Å². The van der Waals surface area contributed by atoms with Gasteiger partial charge in [0.05, 0.1) is 24.8 Å². The third kappa shape index (κ3) is 3.63. The van der Waals surface area contributed by atoms with Gasteiger partial charge in [-0.15, -0.1) is 11.3 Å². The van der Waals surface area contributed by atoms with Crippen molar-refractivity contribution in [3.63, 3.8) is 0 Å². The van der Waals surface area contributed by atoms with Crippen molar-refractivity contribution in [3.8, 4) is 0 Å². The fraction of sp³-hybridized carbons (Fsp3) is 0.556.